The van der Waals surface area contributed by atoms with Crippen molar-refractivity contribution in [3.8, 4) is 5.75 Å². The lowest BCUT2D eigenvalue weighted by Gasteiger charge is -2.21. The minimum Gasteiger partial charge on any atom is -0.493 e. The summed E-state index contributed by atoms with van der Waals surface area (Å²) in [4.78, 5) is 23.1. The summed E-state index contributed by atoms with van der Waals surface area (Å²) < 4.78 is 11.2. The van der Waals surface area contributed by atoms with Crippen molar-refractivity contribution >= 4 is 5.91 Å². The number of amides is 1. The molecule has 1 aromatic carbocycles. The number of likely N-dealkylation sites (tertiary alicyclic amines) is 1. The number of carbonyl (C=O) groups excluding carboxylic acids is 1. The number of rotatable bonds is 6. The van der Waals surface area contributed by atoms with Crippen LogP contribution in [-0.2, 0) is 6.42 Å². The first-order chi connectivity index (χ1) is 13.7. The molecule has 1 saturated heterocycles. The maximum absolute atomic E-state index is 12.8. The minimum absolute atomic E-state index is 0.0573. The molecule has 7 heteroatoms. The van der Waals surface area contributed by atoms with Crippen LogP contribution >= 0.6 is 0 Å². The summed E-state index contributed by atoms with van der Waals surface area (Å²) in [6, 6.07) is 11.2. The number of benzene rings is 1. The molecule has 144 valence electrons. The Kier molecular flexibility index (Phi) is 5.32. The molecule has 1 aliphatic heterocycles. The van der Waals surface area contributed by atoms with E-state index in [4.69, 9.17) is 9.26 Å². The monoisotopic (exact) mass is 378 g/mol. The molecular weight excluding hydrogens is 356 g/mol. The lowest BCUT2D eigenvalue weighted by molar-refractivity contribution is 0.0709. The number of carbonyl (C=O) groups is 1. The number of nitrogens with zero attached hydrogens (tertiary/aromatic N) is 4. The van der Waals surface area contributed by atoms with Crippen molar-refractivity contribution in [3.63, 3.8) is 0 Å². The molecule has 1 atom stereocenters. The molecule has 1 amide bonds. The summed E-state index contributed by atoms with van der Waals surface area (Å²) in [6.07, 6.45) is 5.50. The highest BCUT2D eigenvalue weighted by Gasteiger charge is 2.34. The van der Waals surface area contributed by atoms with E-state index in [2.05, 4.69) is 15.1 Å². The molecule has 1 unspecified atom stereocenters. The molecule has 4 rings (SSSR count). The van der Waals surface area contributed by atoms with E-state index in [1.165, 1.54) is 0 Å². The Morgan fingerprint density at radius 3 is 3.07 bits per heavy atom. The van der Waals surface area contributed by atoms with Crippen LogP contribution in [0.25, 0.3) is 0 Å². The second-order valence-electron chi connectivity index (χ2n) is 6.86. The third-order valence-corrected chi connectivity index (χ3v) is 4.77. The Balaban J connectivity index is 1.38. The van der Waals surface area contributed by atoms with E-state index in [1.807, 2.05) is 31.2 Å². The van der Waals surface area contributed by atoms with Crippen LogP contribution < -0.4 is 4.74 Å². The molecule has 0 bridgehead atoms. The molecule has 1 fully saturated rings. The Labute approximate surface area is 163 Å². The average Bonchev–Trinajstić information content (AvgIpc) is 3.37. The number of pyridine rings is 1. The molecule has 1 aliphatic rings. The Morgan fingerprint density at radius 2 is 2.25 bits per heavy atom. The minimum atomic E-state index is -0.188. The third kappa shape index (κ3) is 4.03. The van der Waals surface area contributed by atoms with Gasteiger partial charge in [0.1, 0.15) is 11.8 Å². The van der Waals surface area contributed by atoms with Crippen molar-refractivity contribution in [3.05, 3.63) is 71.6 Å². The van der Waals surface area contributed by atoms with Gasteiger partial charge in [-0.25, -0.2) is 0 Å². The molecule has 3 heterocycles. The summed E-state index contributed by atoms with van der Waals surface area (Å²) >= 11 is 0. The van der Waals surface area contributed by atoms with Crippen molar-refractivity contribution in [2.45, 2.75) is 32.2 Å². The van der Waals surface area contributed by atoms with E-state index in [1.54, 1.807) is 29.4 Å². The van der Waals surface area contributed by atoms with Crippen molar-refractivity contribution in [1.82, 2.24) is 20.0 Å². The zero-order valence-corrected chi connectivity index (χ0v) is 15.7. The second-order valence-corrected chi connectivity index (χ2v) is 6.86. The van der Waals surface area contributed by atoms with Gasteiger partial charge in [-0.15, -0.1) is 0 Å². The van der Waals surface area contributed by atoms with Gasteiger partial charge in [0, 0.05) is 25.4 Å². The molecule has 0 saturated carbocycles. The zero-order chi connectivity index (χ0) is 19.3. The third-order valence-electron chi connectivity index (χ3n) is 4.77. The van der Waals surface area contributed by atoms with Crippen LogP contribution in [0.5, 0.6) is 5.75 Å². The molecule has 0 spiro atoms. The SMILES string of the molecule is Cc1cccc(OCCc2noc(C3CCCN3C(=O)c3cccnc3)n2)c1. The van der Waals surface area contributed by atoms with Crippen molar-refractivity contribution < 1.29 is 14.1 Å². The van der Waals surface area contributed by atoms with Gasteiger partial charge >= 0.3 is 0 Å². The smallest absolute Gasteiger partial charge is 0.256 e. The first-order valence-corrected chi connectivity index (χ1v) is 9.43. The van der Waals surface area contributed by atoms with E-state index in [-0.39, 0.29) is 11.9 Å². The molecular formula is C21H22N4O3. The lowest BCUT2D eigenvalue weighted by Crippen LogP contribution is -2.30. The van der Waals surface area contributed by atoms with Crippen LogP contribution in [0.3, 0.4) is 0 Å². The molecule has 2 aromatic heterocycles. The molecule has 0 N–H and O–H groups in total. The van der Waals surface area contributed by atoms with Crippen LogP contribution in [0.15, 0.2) is 53.3 Å². The first-order valence-electron chi connectivity index (χ1n) is 9.43. The lowest BCUT2D eigenvalue weighted by atomic mass is 10.2. The fourth-order valence-electron chi connectivity index (χ4n) is 3.39. The van der Waals surface area contributed by atoms with Crippen molar-refractivity contribution in [1.29, 1.82) is 0 Å². The van der Waals surface area contributed by atoms with Gasteiger partial charge in [0.15, 0.2) is 5.82 Å². The van der Waals surface area contributed by atoms with Gasteiger partial charge in [0.2, 0.25) is 5.89 Å². The summed E-state index contributed by atoms with van der Waals surface area (Å²) in [6.45, 7) is 3.16. The summed E-state index contributed by atoms with van der Waals surface area (Å²) in [5.41, 5.74) is 1.72. The van der Waals surface area contributed by atoms with Gasteiger partial charge in [-0.3, -0.25) is 9.78 Å². The Bertz CT molecular complexity index is 942. The van der Waals surface area contributed by atoms with Crippen LogP contribution in [0.4, 0.5) is 0 Å². The molecule has 3 aromatic rings. The predicted molar refractivity (Wildman–Crippen MR) is 102 cm³/mol. The summed E-state index contributed by atoms with van der Waals surface area (Å²) in [5.74, 6) is 1.84. The highest BCUT2D eigenvalue weighted by atomic mass is 16.5. The summed E-state index contributed by atoms with van der Waals surface area (Å²) in [7, 11) is 0. The number of aromatic nitrogens is 3. The number of aryl methyl sites for hydroxylation is 1. The molecule has 28 heavy (non-hydrogen) atoms. The maximum Gasteiger partial charge on any atom is 0.256 e. The first kappa shape index (κ1) is 18.2. The van der Waals surface area contributed by atoms with Crippen LogP contribution in [0.2, 0.25) is 0 Å². The van der Waals surface area contributed by atoms with Crippen molar-refractivity contribution in [2.75, 3.05) is 13.2 Å². The number of hydrogen-bond acceptors (Lipinski definition) is 6. The largest absolute Gasteiger partial charge is 0.493 e. The quantitative estimate of drug-likeness (QED) is 0.654. The van der Waals surface area contributed by atoms with Crippen LogP contribution in [0, 0.1) is 6.92 Å². The highest BCUT2D eigenvalue weighted by Crippen LogP contribution is 2.32. The van der Waals surface area contributed by atoms with Crippen LogP contribution in [-0.4, -0.2) is 39.1 Å². The van der Waals surface area contributed by atoms with Gasteiger partial charge in [0.25, 0.3) is 5.91 Å². The fourth-order valence-corrected chi connectivity index (χ4v) is 3.39. The van der Waals surface area contributed by atoms with Crippen molar-refractivity contribution in [2.24, 2.45) is 0 Å². The number of hydrogen-bond donors (Lipinski definition) is 0. The molecule has 0 radical (unpaired) electrons. The molecule has 7 nitrogen and oxygen atoms in total. The van der Waals surface area contributed by atoms with E-state index < -0.39 is 0 Å². The van der Waals surface area contributed by atoms with Gasteiger partial charge in [-0.2, -0.15) is 4.98 Å². The van der Waals surface area contributed by atoms with Crippen LogP contribution in [0.1, 0.15) is 46.5 Å². The topological polar surface area (TPSA) is 81.4 Å². The summed E-state index contributed by atoms with van der Waals surface area (Å²) in [5, 5.41) is 4.06. The van der Waals surface area contributed by atoms with Gasteiger partial charge < -0.3 is 14.2 Å². The van der Waals surface area contributed by atoms with Gasteiger partial charge in [-0.05, 0) is 49.6 Å². The highest BCUT2D eigenvalue weighted by molar-refractivity contribution is 5.94. The standard InChI is InChI=1S/C21H22N4O3/c1-15-5-2-7-17(13-15)27-12-9-19-23-20(28-24-19)18-8-4-11-25(18)21(26)16-6-3-10-22-14-16/h2-3,5-7,10,13-14,18H,4,8-9,11-12H2,1H3. The van der Waals surface area contributed by atoms with E-state index in [0.717, 1.165) is 24.2 Å². The average molecular weight is 378 g/mol. The Hall–Kier alpha value is -3.22. The normalized spacial score (nSPS) is 16.3. The zero-order valence-electron chi connectivity index (χ0n) is 15.7. The number of ether oxygens (including phenoxy) is 1. The fraction of sp³-hybridized carbons (Fsp3) is 0.333. The van der Waals surface area contributed by atoms with E-state index in [0.29, 0.717) is 36.9 Å². The maximum atomic E-state index is 12.8. The second kappa shape index (κ2) is 8.21. The predicted octanol–water partition coefficient (Wildman–Crippen LogP) is 3.37. The Morgan fingerprint density at radius 1 is 1.32 bits per heavy atom. The molecule has 0 aliphatic carbocycles. The van der Waals surface area contributed by atoms with Gasteiger partial charge in [-0.1, -0.05) is 17.3 Å². The van der Waals surface area contributed by atoms with E-state index >= 15 is 0 Å². The van der Waals surface area contributed by atoms with E-state index in [9.17, 15) is 4.79 Å². The van der Waals surface area contributed by atoms with Gasteiger partial charge in [0.05, 0.1) is 12.2 Å².